The van der Waals surface area contributed by atoms with Crippen molar-refractivity contribution in [2.45, 2.75) is 13.8 Å². The van der Waals surface area contributed by atoms with Gasteiger partial charge in [-0.3, -0.25) is 0 Å². The van der Waals surface area contributed by atoms with Gasteiger partial charge in [-0.15, -0.1) is 6.58 Å². The Morgan fingerprint density at radius 1 is 1.62 bits per heavy atom. The van der Waals surface area contributed by atoms with Gasteiger partial charge in [0, 0.05) is 7.11 Å². The number of rotatable bonds is 1. The van der Waals surface area contributed by atoms with E-state index >= 15 is 0 Å². The fourth-order valence-electron chi connectivity index (χ4n) is 0. The Morgan fingerprint density at radius 3 is 1.75 bits per heavy atom. The van der Waals surface area contributed by atoms with Gasteiger partial charge in [0.05, 0.1) is 6.73 Å². The third-order valence-electron chi connectivity index (χ3n) is 0.167. The molecule has 2 N–H and O–H groups in total. The van der Waals surface area contributed by atoms with Crippen LogP contribution in [-0.4, -0.2) is 13.8 Å². The Morgan fingerprint density at radius 2 is 1.75 bits per heavy atom. The minimum Gasteiger partial charge on any atom is -0.370 e. The second-order valence-electron chi connectivity index (χ2n) is 1.66. The lowest BCUT2D eigenvalue weighted by Crippen LogP contribution is -1.98. The molecule has 2 nitrogen and oxygen atoms in total. The zero-order valence-electron chi connectivity index (χ0n) is 5.90. The van der Waals surface area contributed by atoms with Gasteiger partial charge in [0.25, 0.3) is 0 Å². The fourth-order valence-corrected chi connectivity index (χ4v) is 0. The highest BCUT2D eigenvalue weighted by Crippen LogP contribution is 1.73. The van der Waals surface area contributed by atoms with Gasteiger partial charge in [0.1, 0.15) is 0 Å². The van der Waals surface area contributed by atoms with E-state index in [2.05, 4.69) is 11.3 Å². The zero-order chi connectivity index (χ0) is 6.99. The summed E-state index contributed by atoms with van der Waals surface area (Å²) < 4.78 is 4.32. The number of hydrogen-bond acceptors (Lipinski definition) is 2. The van der Waals surface area contributed by atoms with Crippen LogP contribution >= 0.6 is 0 Å². The summed E-state index contributed by atoms with van der Waals surface area (Å²) in [4.78, 5) is 0. The summed E-state index contributed by atoms with van der Waals surface area (Å²) in [5, 5.41) is 0. The fraction of sp³-hybridized carbons (Fsp3) is 0.667. The van der Waals surface area contributed by atoms with Crippen molar-refractivity contribution in [3.05, 3.63) is 12.2 Å². The molecule has 0 fully saturated rings. The average molecular weight is 117 g/mol. The Balaban J connectivity index is 0. The molecule has 0 saturated heterocycles. The first-order valence-corrected chi connectivity index (χ1v) is 2.46. The van der Waals surface area contributed by atoms with Gasteiger partial charge in [-0.05, 0) is 13.8 Å². The van der Waals surface area contributed by atoms with Crippen molar-refractivity contribution in [1.82, 2.24) is 0 Å². The quantitative estimate of drug-likeness (QED) is 0.413. The van der Waals surface area contributed by atoms with Crippen LogP contribution in [0.4, 0.5) is 0 Å². The molecule has 0 aromatic heterocycles. The molecule has 0 aliphatic carbocycles. The van der Waals surface area contributed by atoms with Crippen LogP contribution in [0.1, 0.15) is 13.8 Å². The van der Waals surface area contributed by atoms with E-state index < -0.39 is 0 Å². The van der Waals surface area contributed by atoms with E-state index in [1.165, 1.54) is 5.57 Å². The predicted octanol–water partition coefficient (Wildman–Crippen LogP) is 1.13. The highest BCUT2D eigenvalue weighted by atomic mass is 16.5. The van der Waals surface area contributed by atoms with Crippen LogP contribution < -0.4 is 5.73 Å². The van der Waals surface area contributed by atoms with Gasteiger partial charge in [-0.25, -0.2) is 0 Å². The molecule has 0 spiro atoms. The molecule has 0 radical (unpaired) electrons. The highest BCUT2D eigenvalue weighted by Gasteiger charge is 1.51. The molecule has 0 amide bonds. The summed E-state index contributed by atoms with van der Waals surface area (Å²) in [6.45, 7) is 7.82. The van der Waals surface area contributed by atoms with Crippen LogP contribution in [0.25, 0.3) is 0 Å². The normalized spacial score (nSPS) is 7.00. The summed E-state index contributed by atoms with van der Waals surface area (Å²) in [6.07, 6.45) is 0. The Kier molecular flexibility index (Phi) is 13.0. The van der Waals surface area contributed by atoms with Crippen LogP contribution in [0.5, 0.6) is 0 Å². The summed E-state index contributed by atoms with van der Waals surface area (Å²) in [6, 6.07) is 0. The molecular formula is C6H15NO. The molecule has 0 heterocycles. The molecule has 0 aliphatic heterocycles. The van der Waals surface area contributed by atoms with Gasteiger partial charge >= 0.3 is 0 Å². The predicted molar refractivity (Wildman–Crippen MR) is 36.6 cm³/mol. The van der Waals surface area contributed by atoms with Gasteiger partial charge in [0.15, 0.2) is 0 Å². The molecule has 0 unspecified atom stereocenters. The lowest BCUT2D eigenvalue weighted by atomic mass is 10.4. The summed E-state index contributed by atoms with van der Waals surface area (Å²) in [5.41, 5.74) is 5.97. The Labute approximate surface area is 51.3 Å². The maximum atomic E-state index is 4.81. The van der Waals surface area contributed by atoms with E-state index in [4.69, 9.17) is 5.73 Å². The van der Waals surface area contributed by atoms with E-state index in [-0.39, 0.29) is 0 Å². The molecular weight excluding hydrogens is 102 g/mol. The third-order valence-corrected chi connectivity index (χ3v) is 0.167. The number of ether oxygens (including phenoxy) is 1. The van der Waals surface area contributed by atoms with Crippen LogP contribution in [0.3, 0.4) is 0 Å². The second kappa shape index (κ2) is 9.83. The largest absolute Gasteiger partial charge is 0.370 e. The standard InChI is InChI=1S/C4H8.C2H7NO/c1-4(2)3;1-4-2-3/h1H2,2-3H3;2-3H2,1H3. The molecule has 50 valence electrons. The topological polar surface area (TPSA) is 35.2 Å². The van der Waals surface area contributed by atoms with Crippen molar-refractivity contribution in [3.8, 4) is 0 Å². The molecule has 0 aliphatic rings. The molecule has 0 bridgehead atoms. The van der Waals surface area contributed by atoms with Crippen molar-refractivity contribution < 1.29 is 4.74 Å². The van der Waals surface area contributed by atoms with Crippen LogP contribution in [0, 0.1) is 0 Å². The van der Waals surface area contributed by atoms with Gasteiger partial charge in [-0.2, -0.15) is 0 Å². The minimum atomic E-state index is 0.319. The number of hydrogen-bond donors (Lipinski definition) is 1. The number of allylic oxidation sites excluding steroid dienone is 1. The smallest absolute Gasteiger partial charge is 0.0936 e. The van der Waals surface area contributed by atoms with Crippen molar-refractivity contribution >= 4 is 0 Å². The first kappa shape index (κ1) is 10.6. The maximum absolute atomic E-state index is 4.81. The molecule has 0 aromatic rings. The van der Waals surface area contributed by atoms with Crippen molar-refractivity contribution in [1.29, 1.82) is 0 Å². The lowest BCUT2D eigenvalue weighted by molar-refractivity contribution is 0.207. The summed E-state index contributed by atoms with van der Waals surface area (Å²) in [5.74, 6) is 0. The van der Waals surface area contributed by atoms with Crippen molar-refractivity contribution in [2.75, 3.05) is 13.8 Å². The third kappa shape index (κ3) is 282. The van der Waals surface area contributed by atoms with E-state index in [0.717, 1.165) is 0 Å². The maximum Gasteiger partial charge on any atom is 0.0936 e. The lowest BCUT2D eigenvalue weighted by Gasteiger charge is -1.77. The highest BCUT2D eigenvalue weighted by molar-refractivity contribution is 4.78. The van der Waals surface area contributed by atoms with E-state index in [1.807, 2.05) is 13.8 Å². The summed E-state index contributed by atoms with van der Waals surface area (Å²) >= 11 is 0. The van der Waals surface area contributed by atoms with Crippen LogP contribution in [-0.2, 0) is 4.74 Å². The molecule has 0 atom stereocenters. The van der Waals surface area contributed by atoms with Crippen LogP contribution in [0.15, 0.2) is 12.2 Å². The molecule has 0 rings (SSSR count). The van der Waals surface area contributed by atoms with Gasteiger partial charge in [0.2, 0.25) is 0 Å². The van der Waals surface area contributed by atoms with Gasteiger partial charge in [-0.1, -0.05) is 5.57 Å². The van der Waals surface area contributed by atoms with Crippen molar-refractivity contribution in [3.63, 3.8) is 0 Å². The monoisotopic (exact) mass is 117 g/mol. The first-order valence-electron chi connectivity index (χ1n) is 2.46. The van der Waals surface area contributed by atoms with Crippen LogP contribution in [0.2, 0.25) is 0 Å². The molecule has 0 saturated carbocycles. The van der Waals surface area contributed by atoms with E-state index in [1.54, 1.807) is 7.11 Å². The average Bonchev–Trinajstić information content (AvgIpc) is 1.65. The Hall–Kier alpha value is -0.340. The molecule has 8 heavy (non-hydrogen) atoms. The summed E-state index contributed by atoms with van der Waals surface area (Å²) in [7, 11) is 1.56. The minimum absolute atomic E-state index is 0.319. The molecule has 2 heteroatoms. The van der Waals surface area contributed by atoms with Crippen molar-refractivity contribution in [2.24, 2.45) is 5.73 Å². The Bertz CT molecular complexity index is 46.5. The van der Waals surface area contributed by atoms with E-state index in [9.17, 15) is 0 Å². The second-order valence-corrected chi connectivity index (χ2v) is 1.66. The van der Waals surface area contributed by atoms with E-state index in [0.29, 0.717) is 6.73 Å². The number of nitrogens with two attached hydrogens (primary N) is 1. The zero-order valence-corrected chi connectivity index (χ0v) is 5.90. The SMILES string of the molecule is C=C(C)C.COCN. The van der Waals surface area contributed by atoms with Gasteiger partial charge < -0.3 is 10.5 Å². The number of methoxy groups -OCH3 is 1. The molecule has 0 aromatic carbocycles. The first-order chi connectivity index (χ1) is 3.65.